The summed E-state index contributed by atoms with van der Waals surface area (Å²) in [5.74, 6) is -0.701. The lowest BCUT2D eigenvalue weighted by Gasteiger charge is -2.21. The Balaban J connectivity index is 2.19. The number of aromatic amines is 1. The fraction of sp³-hybridized carbons (Fsp3) is 0.526. The summed E-state index contributed by atoms with van der Waals surface area (Å²) in [6, 6.07) is 4.78. The van der Waals surface area contributed by atoms with Crippen LogP contribution in [0.4, 0.5) is 0 Å². The van der Waals surface area contributed by atoms with E-state index in [-0.39, 0.29) is 17.9 Å². The molecular weight excluding hydrogens is 402 g/mol. The minimum Gasteiger partial charge on any atom is -0.334 e. The van der Waals surface area contributed by atoms with Crippen LogP contribution in [0, 0.1) is 0 Å². The third kappa shape index (κ3) is 6.31. The van der Waals surface area contributed by atoms with Crippen molar-refractivity contribution >= 4 is 38.2 Å². The molecule has 0 radical (unpaired) electrons. The number of carbonyl (C=O) groups excluding carboxylic acids is 1. The first-order chi connectivity index (χ1) is 13.3. The number of hydrogen-bond donors (Lipinski definition) is 1. The number of halogens is 1. The number of hydrogen-bond acceptors (Lipinski definition) is 5. The molecule has 0 aliphatic heterocycles. The second-order valence-electron chi connectivity index (χ2n) is 6.79. The smallest absolute Gasteiger partial charge is 0.258 e. The van der Waals surface area contributed by atoms with Gasteiger partial charge in [0.2, 0.25) is 5.91 Å². The van der Waals surface area contributed by atoms with Crippen molar-refractivity contribution in [3.63, 3.8) is 0 Å². The molecule has 7 nitrogen and oxygen atoms in total. The van der Waals surface area contributed by atoms with Crippen LogP contribution in [-0.2, 0) is 21.2 Å². The highest BCUT2D eigenvalue weighted by molar-refractivity contribution is 7.92. The predicted octanol–water partition coefficient (Wildman–Crippen LogP) is 2.92. The van der Waals surface area contributed by atoms with Crippen LogP contribution in [0.25, 0.3) is 10.9 Å². The van der Waals surface area contributed by atoms with Crippen molar-refractivity contribution in [3.8, 4) is 0 Å². The molecule has 0 aliphatic carbocycles. The van der Waals surface area contributed by atoms with E-state index in [0.29, 0.717) is 41.1 Å². The summed E-state index contributed by atoms with van der Waals surface area (Å²) >= 11 is 5.97. The van der Waals surface area contributed by atoms with Crippen molar-refractivity contribution in [2.75, 3.05) is 18.1 Å². The third-order valence-corrected chi connectivity index (χ3v) is 6.14. The fourth-order valence-corrected chi connectivity index (χ4v) is 4.42. The van der Waals surface area contributed by atoms with Crippen molar-refractivity contribution in [1.82, 2.24) is 14.9 Å². The van der Waals surface area contributed by atoms with Crippen molar-refractivity contribution in [2.24, 2.45) is 0 Å². The van der Waals surface area contributed by atoms with E-state index in [1.165, 1.54) is 4.90 Å². The number of amides is 1. The second-order valence-corrected chi connectivity index (χ2v) is 9.41. The molecule has 2 aromatic rings. The molecule has 1 aromatic carbocycles. The number of benzene rings is 1. The van der Waals surface area contributed by atoms with Crippen molar-refractivity contribution in [1.29, 1.82) is 0 Å². The van der Waals surface area contributed by atoms with Gasteiger partial charge >= 0.3 is 0 Å². The van der Waals surface area contributed by atoms with E-state index >= 15 is 0 Å². The van der Waals surface area contributed by atoms with Crippen LogP contribution in [-0.4, -0.2) is 47.2 Å². The summed E-state index contributed by atoms with van der Waals surface area (Å²) in [5, 5.41) is 0.858. The molecule has 1 N–H and O–H groups in total. The zero-order valence-corrected chi connectivity index (χ0v) is 17.8. The molecular formula is C19H26ClN3O4S. The highest BCUT2D eigenvalue weighted by Crippen LogP contribution is 2.15. The lowest BCUT2D eigenvalue weighted by molar-refractivity contribution is -0.129. The maximum Gasteiger partial charge on any atom is 0.258 e. The van der Waals surface area contributed by atoms with E-state index in [9.17, 15) is 18.0 Å². The van der Waals surface area contributed by atoms with E-state index in [1.807, 2.05) is 13.8 Å². The van der Waals surface area contributed by atoms with Crippen LogP contribution >= 0.6 is 11.6 Å². The van der Waals surface area contributed by atoms with E-state index < -0.39 is 21.5 Å². The minimum atomic E-state index is -3.46. The first-order valence-electron chi connectivity index (χ1n) is 9.42. The van der Waals surface area contributed by atoms with Gasteiger partial charge in [0.25, 0.3) is 5.56 Å². The molecule has 0 unspecified atom stereocenters. The van der Waals surface area contributed by atoms with Crippen molar-refractivity contribution in [2.45, 2.75) is 46.1 Å². The lowest BCUT2D eigenvalue weighted by atomic mass is 10.2. The molecule has 1 aromatic heterocycles. The molecule has 0 atom stereocenters. The van der Waals surface area contributed by atoms with Gasteiger partial charge in [0, 0.05) is 11.6 Å². The normalized spacial score (nSPS) is 11.7. The quantitative estimate of drug-likeness (QED) is 0.587. The van der Waals surface area contributed by atoms with Gasteiger partial charge in [0.05, 0.1) is 23.2 Å². The first kappa shape index (κ1) is 22.4. The molecule has 0 saturated heterocycles. The molecule has 0 bridgehead atoms. The number of rotatable bonds is 10. The minimum absolute atomic E-state index is 0.0100. The molecule has 0 saturated carbocycles. The third-order valence-electron chi connectivity index (χ3n) is 4.31. The summed E-state index contributed by atoms with van der Waals surface area (Å²) < 4.78 is 24.4. The largest absolute Gasteiger partial charge is 0.334 e. The van der Waals surface area contributed by atoms with Gasteiger partial charge in [-0.05, 0) is 31.0 Å². The predicted molar refractivity (Wildman–Crippen MR) is 111 cm³/mol. The summed E-state index contributed by atoms with van der Waals surface area (Å²) in [6.45, 7) is 4.30. The number of unbranched alkanes of at least 4 members (excludes halogenated alkanes) is 2. The van der Waals surface area contributed by atoms with E-state index in [1.54, 1.807) is 18.2 Å². The van der Waals surface area contributed by atoms with Crippen LogP contribution in [0.1, 0.15) is 45.4 Å². The second kappa shape index (κ2) is 10.0. The SMILES string of the molecule is CCCCCS(=O)(=O)CC(=O)N(CCC)Cc1nc2cc(Cl)ccc2c(=O)[nH]1. The number of aromatic nitrogens is 2. The molecule has 0 aliphatic rings. The van der Waals surface area contributed by atoms with Gasteiger partial charge in [0.1, 0.15) is 11.6 Å². The Morgan fingerprint density at radius 1 is 1.21 bits per heavy atom. The topological polar surface area (TPSA) is 100 Å². The number of nitrogens with one attached hydrogen (secondary N) is 1. The van der Waals surface area contributed by atoms with Crippen LogP contribution in [0.5, 0.6) is 0 Å². The van der Waals surface area contributed by atoms with E-state index in [4.69, 9.17) is 11.6 Å². The van der Waals surface area contributed by atoms with Crippen molar-refractivity contribution in [3.05, 3.63) is 39.4 Å². The number of nitrogens with zero attached hydrogens (tertiary/aromatic N) is 2. The molecule has 2 rings (SSSR count). The number of H-pyrrole nitrogens is 1. The molecule has 154 valence electrons. The molecule has 1 heterocycles. The molecule has 1 amide bonds. The monoisotopic (exact) mass is 427 g/mol. The summed E-state index contributed by atoms with van der Waals surface area (Å²) in [5.41, 5.74) is 0.107. The summed E-state index contributed by atoms with van der Waals surface area (Å²) in [7, 11) is -3.46. The molecule has 0 fully saturated rings. The van der Waals surface area contributed by atoms with E-state index in [0.717, 1.165) is 12.8 Å². The lowest BCUT2D eigenvalue weighted by Crippen LogP contribution is -2.37. The highest BCUT2D eigenvalue weighted by Gasteiger charge is 2.22. The zero-order chi connectivity index (χ0) is 20.7. The average molecular weight is 428 g/mol. The van der Waals surface area contributed by atoms with Crippen LogP contribution in [0.2, 0.25) is 5.02 Å². The Morgan fingerprint density at radius 3 is 2.64 bits per heavy atom. The van der Waals surface area contributed by atoms with Gasteiger partial charge in [0.15, 0.2) is 9.84 Å². The Labute approximate surface area is 170 Å². The maximum atomic E-state index is 12.6. The van der Waals surface area contributed by atoms with Gasteiger partial charge in [-0.15, -0.1) is 0 Å². The number of fused-ring (bicyclic) bond motifs is 1. The van der Waals surface area contributed by atoms with Crippen LogP contribution in [0.3, 0.4) is 0 Å². The molecule has 9 heteroatoms. The highest BCUT2D eigenvalue weighted by atomic mass is 35.5. The Morgan fingerprint density at radius 2 is 1.96 bits per heavy atom. The molecule has 28 heavy (non-hydrogen) atoms. The van der Waals surface area contributed by atoms with Crippen molar-refractivity contribution < 1.29 is 13.2 Å². The Hall–Kier alpha value is -1.93. The maximum absolute atomic E-state index is 12.6. The van der Waals surface area contributed by atoms with Gasteiger partial charge in [-0.1, -0.05) is 38.3 Å². The summed E-state index contributed by atoms with van der Waals surface area (Å²) in [4.78, 5) is 33.3. The number of carbonyl (C=O) groups is 1. The van der Waals surface area contributed by atoms with E-state index in [2.05, 4.69) is 9.97 Å². The Kier molecular flexibility index (Phi) is 8.00. The molecule has 0 spiro atoms. The first-order valence-corrected chi connectivity index (χ1v) is 11.6. The van der Waals surface area contributed by atoms with Crippen LogP contribution in [0.15, 0.2) is 23.0 Å². The van der Waals surface area contributed by atoms with Crippen LogP contribution < -0.4 is 5.56 Å². The van der Waals surface area contributed by atoms with Gasteiger partial charge in [-0.2, -0.15) is 0 Å². The average Bonchev–Trinajstić information content (AvgIpc) is 2.60. The number of sulfone groups is 1. The Bertz CT molecular complexity index is 988. The van der Waals surface area contributed by atoms with Gasteiger partial charge in [-0.25, -0.2) is 13.4 Å². The zero-order valence-electron chi connectivity index (χ0n) is 16.2. The fourth-order valence-electron chi connectivity index (χ4n) is 2.90. The summed E-state index contributed by atoms with van der Waals surface area (Å²) in [6.07, 6.45) is 2.94. The standard InChI is InChI=1S/C19H26ClN3O4S/c1-3-5-6-10-28(26,27)13-18(24)23(9-4-2)12-17-21-16-11-14(20)7-8-15(16)19(25)22-17/h7-8,11H,3-6,9-10,12-13H2,1-2H3,(H,21,22,25). The van der Waals surface area contributed by atoms with Gasteiger partial charge in [-0.3, -0.25) is 9.59 Å². The van der Waals surface area contributed by atoms with Gasteiger partial charge < -0.3 is 9.88 Å².